The molecule has 1 nitrogen and oxygen atoms in total. The lowest BCUT2D eigenvalue weighted by Crippen LogP contribution is -2.28. The molecule has 1 aromatic rings. The summed E-state index contributed by atoms with van der Waals surface area (Å²) >= 11 is 1.26. The molecule has 0 saturated carbocycles. The van der Waals surface area contributed by atoms with Gasteiger partial charge in [-0.3, -0.25) is 0 Å². The smallest absolute Gasteiger partial charge is 0.316 e. The fourth-order valence-electron chi connectivity index (χ4n) is 1.10. The number of hydrogen-bond donors (Lipinski definition) is 1. The van der Waals surface area contributed by atoms with E-state index in [-0.39, 0.29) is 5.56 Å². The van der Waals surface area contributed by atoms with Crippen molar-refractivity contribution in [2.24, 2.45) is 5.73 Å². The first-order chi connectivity index (χ1) is 6.46. The summed E-state index contributed by atoms with van der Waals surface area (Å²) in [6.07, 6.45) is -2.66. The molecular formula is C9H10F3NS. The molecule has 0 aliphatic heterocycles. The monoisotopic (exact) mass is 221 g/mol. The van der Waals surface area contributed by atoms with Gasteiger partial charge in [-0.2, -0.15) is 13.2 Å². The van der Waals surface area contributed by atoms with Gasteiger partial charge in [-0.15, -0.1) is 11.8 Å². The normalized spacial score (nSPS) is 14.1. The van der Waals surface area contributed by atoms with Gasteiger partial charge in [-0.1, -0.05) is 18.2 Å². The molecule has 0 spiro atoms. The van der Waals surface area contributed by atoms with E-state index in [9.17, 15) is 13.2 Å². The topological polar surface area (TPSA) is 26.0 Å². The van der Waals surface area contributed by atoms with Crippen LogP contribution in [0.2, 0.25) is 0 Å². The Balaban J connectivity index is 3.06. The summed E-state index contributed by atoms with van der Waals surface area (Å²) in [5.41, 5.74) is 5.24. The van der Waals surface area contributed by atoms with Gasteiger partial charge in [0.25, 0.3) is 0 Å². The molecule has 0 radical (unpaired) electrons. The third-order valence-electron chi connectivity index (χ3n) is 1.83. The Kier molecular flexibility index (Phi) is 3.44. The molecule has 5 heteroatoms. The molecule has 0 aromatic heterocycles. The maximum atomic E-state index is 12.3. The first kappa shape index (κ1) is 11.4. The van der Waals surface area contributed by atoms with Crippen LogP contribution in [0.3, 0.4) is 0 Å². The second-order valence-corrected chi connectivity index (χ2v) is 3.61. The van der Waals surface area contributed by atoms with Gasteiger partial charge in [0, 0.05) is 4.90 Å². The molecule has 0 fully saturated rings. The van der Waals surface area contributed by atoms with Crippen LogP contribution < -0.4 is 5.73 Å². The highest BCUT2D eigenvalue weighted by Gasteiger charge is 2.38. The van der Waals surface area contributed by atoms with Crippen LogP contribution in [0.5, 0.6) is 0 Å². The van der Waals surface area contributed by atoms with Crippen molar-refractivity contribution in [3.63, 3.8) is 0 Å². The van der Waals surface area contributed by atoms with E-state index in [1.165, 1.54) is 17.8 Å². The maximum absolute atomic E-state index is 12.3. The second kappa shape index (κ2) is 4.23. The van der Waals surface area contributed by atoms with E-state index in [1.54, 1.807) is 24.5 Å². The van der Waals surface area contributed by atoms with Crippen molar-refractivity contribution in [3.8, 4) is 0 Å². The molecule has 2 N–H and O–H groups in total. The third kappa shape index (κ3) is 2.42. The van der Waals surface area contributed by atoms with Gasteiger partial charge in [0.2, 0.25) is 0 Å². The fourth-order valence-corrected chi connectivity index (χ4v) is 1.75. The number of nitrogens with two attached hydrogens (primary N) is 1. The van der Waals surface area contributed by atoms with E-state index >= 15 is 0 Å². The van der Waals surface area contributed by atoms with Crippen molar-refractivity contribution in [2.45, 2.75) is 17.1 Å². The lowest BCUT2D eigenvalue weighted by atomic mass is 10.1. The highest BCUT2D eigenvalue weighted by atomic mass is 32.2. The minimum atomic E-state index is -4.38. The van der Waals surface area contributed by atoms with Crippen molar-refractivity contribution < 1.29 is 13.2 Å². The largest absolute Gasteiger partial charge is 0.407 e. The molecule has 0 amide bonds. The van der Waals surface area contributed by atoms with Crippen LogP contribution in [0.4, 0.5) is 13.2 Å². The Hall–Kier alpha value is -0.680. The molecule has 1 unspecified atom stereocenters. The van der Waals surface area contributed by atoms with Crippen molar-refractivity contribution in [3.05, 3.63) is 29.8 Å². The SMILES string of the molecule is CSc1ccccc1C(N)C(F)(F)F. The Labute approximate surface area is 84.5 Å². The molecule has 0 saturated heterocycles. The summed E-state index contributed by atoms with van der Waals surface area (Å²) in [5, 5.41) is 0. The van der Waals surface area contributed by atoms with E-state index in [1.807, 2.05) is 0 Å². The number of halogens is 3. The van der Waals surface area contributed by atoms with Crippen molar-refractivity contribution in [1.82, 2.24) is 0 Å². The number of alkyl halides is 3. The van der Waals surface area contributed by atoms with E-state index < -0.39 is 12.2 Å². The number of benzene rings is 1. The van der Waals surface area contributed by atoms with E-state index in [4.69, 9.17) is 5.73 Å². The first-order valence-corrected chi connectivity index (χ1v) is 5.14. The summed E-state index contributed by atoms with van der Waals surface area (Å²) in [7, 11) is 0. The van der Waals surface area contributed by atoms with Crippen molar-refractivity contribution in [2.75, 3.05) is 6.26 Å². The zero-order valence-corrected chi connectivity index (χ0v) is 8.32. The predicted molar refractivity (Wildman–Crippen MR) is 51.2 cm³/mol. The van der Waals surface area contributed by atoms with Gasteiger partial charge < -0.3 is 5.73 Å². The van der Waals surface area contributed by atoms with Crippen LogP contribution in [-0.4, -0.2) is 12.4 Å². The lowest BCUT2D eigenvalue weighted by molar-refractivity contribution is -0.149. The molecule has 1 atom stereocenters. The maximum Gasteiger partial charge on any atom is 0.407 e. The summed E-state index contributed by atoms with van der Waals surface area (Å²) in [6, 6.07) is 4.39. The van der Waals surface area contributed by atoms with Crippen LogP contribution in [-0.2, 0) is 0 Å². The van der Waals surface area contributed by atoms with Gasteiger partial charge in [0.05, 0.1) is 0 Å². The van der Waals surface area contributed by atoms with Gasteiger partial charge in [-0.05, 0) is 17.9 Å². The van der Waals surface area contributed by atoms with Crippen LogP contribution >= 0.6 is 11.8 Å². The summed E-state index contributed by atoms with van der Waals surface area (Å²) < 4.78 is 37.0. The molecule has 1 rings (SSSR count). The molecule has 1 aromatic carbocycles. The zero-order chi connectivity index (χ0) is 10.8. The van der Waals surface area contributed by atoms with E-state index in [2.05, 4.69) is 0 Å². The molecule has 0 aliphatic carbocycles. The van der Waals surface area contributed by atoms with E-state index in [0.29, 0.717) is 4.90 Å². The molecule has 78 valence electrons. The lowest BCUT2D eigenvalue weighted by Gasteiger charge is -2.18. The Bertz CT molecular complexity index is 311. The van der Waals surface area contributed by atoms with Crippen LogP contribution in [0.25, 0.3) is 0 Å². The average molecular weight is 221 g/mol. The number of thioether (sulfide) groups is 1. The van der Waals surface area contributed by atoms with Crippen LogP contribution in [0.1, 0.15) is 11.6 Å². The van der Waals surface area contributed by atoms with Gasteiger partial charge >= 0.3 is 6.18 Å². The average Bonchev–Trinajstić information content (AvgIpc) is 2.15. The Morgan fingerprint density at radius 1 is 1.29 bits per heavy atom. The highest BCUT2D eigenvalue weighted by Crippen LogP contribution is 2.34. The van der Waals surface area contributed by atoms with Crippen LogP contribution in [0.15, 0.2) is 29.2 Å². The molecule has 0 heterocycles. The molecule has 0 aliphatic rings. The highest BCUT2D eigenvalue weighted by molar-refractivity contribution is 7.98. The summed E-state index contributed by atoms with van der Waals surface area (Å²) in [4.78, 5) is 0.567. The number of rotatable bonds is 2. The van der Waals surface area contributed by atoms with Crippen LogP contribution in [0, 0.1) is 0 Å². The van der Waals surface area contributed by atoms with Gasteiger partial charge in [0.15, 0.2) is 0 Å². The molecule has 0 bridgehead atoms. The van der Waals surface area contributed by atoms with Gasteiger partial charge in [0.1, 0.15) is 6.04 Å². The number of hydrogen-bond acceptors (Lipinski definition) is 2. The minimum absolute atomic E-state index is 0.132. The first-order valence-electron chi connectivity index (χ1n) is 3.92. The summed E-state index contributed by atoms with van der Waals surface area (Å²) in [5.74, 6) is 0. The van der Waals surface area contributed by atoms with Crippen molar-refractivity contribution >= 4 is 11.8 Å². The third-order valence-corrected chi connectivity index (χ3v) is 2.64. The Morgan fingerprint density at radius 3 is 2.36 bits per heavy atom. The van der Waals surface area contributed by atoms with Crippen molar-refractivity contribution in [1.29, 1.82) is 0 Å². The molecular weight excluding hydrogens is 211 g/mol. The Morgan fingerprint density at radius 2 is 1.86 bits per heavy atom. The molecule has 14 heavy (non-hydrogen) atoms. The standard InChI is InChI=1S/C9H10F3NS/c1-14-7-5-3-2-4-6(7)8(13)9(10,11)12/h2-5,8H,13H2,1H3. The quantitative estimate of drug-likeness (QED) is 0.777. The zero-order valence-electron chi connectivity index (χ0n) is 7.51. The minimum Gasteiger partial charge on any atom is -0.316 e. The predicted octanol–water partition coefficient (Wildman–Crippen LogP) is 2.97. The van der Waals surface area contributed by atoms with E-state index in [0.717, 1.165) is 0 Å². The fraction of sp³-hybridized carbons (Fsp3) is 0.333. The van der Waals surface area contributed by atoms with Gasteiger partial charge in [-0.25, -0.2) is 0 Å². The second-order valence-electron chi connectivity index (χ2n) is 2.76. The summed E-state index contributed by atoms with van der Waals surface area (Å²) in [6.45, 7) is 0.